The van der Waals surface area contributed by atoms with E-state index in [2.05, 4.69) is 90.1 Å². The molecule has 176 valence electrons. The Kier molecular flexibility index (Phi) is 5.24. The number of fused-ring (bicyclic) bond motifs is 6. The van der Waals surface area contributed by atoms with E-state index in [4.69, 9.17) is 9.97 Å². The SMILES string of the molecule is Cc1c(CC(C)C)sc2c1ccc1c2sc2ncnc(-c3cc(C(C)(C)C)c4ccccc4c3)c21. The Hall–Kier alpha value is -2.82. The highest BCUT2D eigenvalue weighted by Gasteiger charge is 2.22. The first-order chi connectivity index (χ1) is 16.7. The molecule has 0 saturated heterocycles. The first-order valence-corrected chi connectivity index (χ1v) is 14.0. The van der Waals surface area contributed by atoms with Crippen LogP contribution in [0.25, 0.3) is 52.4 Å². The largest absolute Gasteiger partial charge is 0.236 e. The standard InChI is InChI=1S/C31H30N2S2/c1-17(2)13-25-18(3)21-11-12-23-26-27(32-16-33-30(26)35-29(23)28(21)34-25)20-14-19-9-7-8-10-22(19)24(15-20)31(4,5)6/h7-12,14-17H,13H2,1-6H3. The summed E-state index contributed by atoms with van der Waals surface area (Å²) in [4.78, 5) is 12.2. The second kappa shape index (κ2) is 8.11. The lowest BCUT2D eigenvalue weighted by molar-refractivity contribution is 0.596. The third-order valence-electron chi connectivity index (χ3n) is 6.98. The van der Waals surface area contributed by atoms with Crippen molar-refractivity contribution in [3.8, 4) is 11.3 Å². The predicted octanol–water partition coefficient (Wildman–Crippen LogP) is 9.68. The van der Waals surface area contributed by atoms with Crippen LogP contribution in [0.2, 0.25) is 0 Å². The van der Waals surface area contributed by atoms with E-state index in [0.717, 1.165) is 16.9 Å². The number of aryl methyl sites for hydroxylation is 1. The van der Waals surface area contributed by atoms with Gasteiger partial charge in [0.1, 0.15) is 11.2 Å². The molecular formula is C31H30N2S2. The molecule has 3 heterocycles. The lowest BCUT2D eigenvalue weighted by atomic mass is 9.82. The molecule has 2 nitrogen and oxygen atoms in total. The van der Waals surface area contributed by atoms with Crippen LogP contribution >= 0.6 is 22.7 Å². The molecule has 0 spiro atoms. The van der Waals surface area contributed by atoms with Crippen LogP contribution in [0, 0.1) is 12.8 Å². The lowest BCUT2D eigenvalue weighted by Gasteiger charge is -2.22. The Balaban J connectivity index is 1.66. The van der Waals surface area contributed by atoms with E-state index >= 15 is 0 Å². The van der Waals surface area contributed by atoms with Gasteiger partial charge in [0.25, 0.3) is 0 Å². The zero-order valence-corrected chi connectivity index (χ0v) is 22.8. The summed E-state index contributed by atoms with van der Waals surface area (Å²) in [5, 5.41) is 6.42. The van der Waals surface area contributed by atoms with Crippen molar-refractivity contribution in [3.63, 3.8) is 0 Å². The van der Waals surface area contributed by atoms with Crippen LogP contribution < -0.4 is 0 Å². The predicted molar refractivity (Wildman–Crippen MR) is 155 cm³/mol. The topological polar surface area (TPSA) is 25.8 Å². The van der Waals surface area contributed by atoms with Gasteiger partial charge in [-0.15, -0.1) is 22.7 Å². The van der Waals surface area contributed by atoms with Crippen LogP contribution in [0.4, 0.5) is 0 Å². The highest BCUT2D eigenvalue weighted by Crippen LogP contribution is 2.45. The molecule has 0 N–H and O–H groups in total. The van der Waals surface area contributed by atoms with Crippen molar-refractivity contribution in [1.82, 2.24) is 9.97 Å². The van der Waals surface area contributed by atoms with Gasteiger partial charge in [0.2, 0.25) is 0 Å². The van der Waals surface area contributed by atoms with Crippen LogP contribution in [-0.2, 0) is 11.8 Å². The zero-order chi connectivity index (χ0) is 24.5. The molecule has 35 heavy (non-hydrogen) atoms. The van der Waals surface area contributed by atoms with Crippen LogP contribution in [-0.4, -0.2) is 9.97 Å². The third kappa shape index (κ3) is 3.66. The molecule has 0 unspecified atom stereocenters. The molecule has 4 heteroatoms. The molecule has 0 fully saturated rings. The van der Waals surface area contributed by atoms with Crippen molar-refractivity contribution < 1.29 is 0 Å². The maximum atomic E-state index is 4.87. The summed E-state index contributed by atoms with van der Waals surface area (Å²) in [5.41, 5.74) is 5.03. The van der Waals surface area contributed by atoms with Gasteiger partial charge in [-0.2, -0.15) is 0 Å². The van der Waals surface area contributed by atoms with E-state index in [1.165, 1.54) is 57.9 Å². The van der Waals surface area contributed by atoms with E-state index in [1.54, 1.807) is 6.33 Å². The number of hydrogen-bond donors (Lipinski definition) is 0. The Bertz CT molecular complexity index is 1750. The molecule has 6 aromatic rings. The van der Waals surface area contributed by atoms with Gasteiger partial charge in [-0.25, -0.2) is 9.97 Å². The summed E-state index contributed by atoms with van der Waals surface area (Å²) < 4.78 is 2.75. The van der Waals surface area contributed by atoms with Gasteiger partial charge in [0.05, 0.1) is 15.1 Å². The van der Waals surface area contributed by atoms with E-state index in [0.29, 0.717) is 5.92 Å². The number of rotatable bonds is 3. The summed E-state index contributed by atoms with van der Waals surface area (Å²) in [6.45, 7) is 13.8. The van der Waals surface area contributed by atoms with Crippen LogP contribution in [0.15, 0.2) is 54.9 Å². The molecule has 0 aliphatic heterocycles. The van der Waals surface area contributed by atoms with Crippen molar-refractivity contribution in [2.24, 2.45) is 5.92 Å². The number of aromatic nitrogens is 2. The van der Waals surface area contributed by atoms with Gasteiger partial charge in [-0.1, -0.05) is 71.0 Å². The molecule has 0 amide bonds. The lowest BCUT2D eigenvalue weighted by Crippen LogP contribution is -2.12. The second-order valence-electron chi connectivity index (χ2n) is 11.1. The van der Waals surface area contributed by atoms with E-state index in [1.807, 2.05) is 22.7 Å². The summed E-state index contributed by atoms with van der Waals surface area (Å²) in [6.07, 6.45) is 2.87. The minimum Gasteiger partial charge on any atom is -0.236 e. The Labute approximate surface area is 214 Å². The number of nitrogens with zero attached hydrogens (tertiary/aromatic N) is 2. The van der Waals surface area contributed by atoms with Crippen molar-refractivity contribution in [1.29, 1.82) is 0 Å². The molecule has 3 aromatic heterocycles. The average Bonchev–Trinajstić information content (AvgIpc) is 3.35. The number of thiophene rings is 2. The van der Waals surface area contributed by atoms with Gasteiger partial charge < -0.3 is 0 Å². The van der Waals surface area contributed by atoms with Crippen molar-refractivity contribution in [2.45, 2.75) is 53.4 Å². The monoisotopic (exact) mass is 494 g/mol. The zero-order valence-electron chi connectivity index (χ0n) is 21.2. The Morgan fingerprint density at radius 2 is 1.60 bits per heavy atom. The van der Waals surface area contributed by atoms with Gasteiger partial charge in [0.15, 0.2) is 0 Å². The Morgan fingerprint density at radius 3 is 2.37 bits per heavy atom. The molecular weight excluding hydrogens is 464 g/mol. The fourth-order valence-electron chi connectivity index (χ4n) is 5.25. The number of hydrogen-bond acceptors (Lipinski definition) is 4. The van der Waals surface area contributed by atoms with Crippen LogP contribution in [0.1, 0.15) is 50.6 Å². The minimum atomic E-state index is 0.0337. The highest BCUT2D eigenvalue weighted by molar-refractivity contribution is 7.31. The van der Waals surface area contributed by atoms with E-state index < -0.39 is 0 Å². The van der Waals surface area contributed by atoms with Crippen molar-refractivity contribution in [2.75, 3.05) is 0 Å². The average molecular weight is 495 g/mol. The van der Waals surface area contributed by atoms with E-state index in [9.17, 15) is 0 Å². The van der Waals surface area contributed by atoms with Gasteiger partial charge >= 0.3 is 0 Å². The molecule has 0 atom stereocenters. The number of benzene rings is 3. The maximum Gasteiger partial charge on any atom is 0.128 e. The van der Waals surface area contributed by atoms with Crippen LogP contribution in [0.3, 0.4) is 0 Å². The van der Waals surface area contributed by atoms with Crippen LogP contribution in [0.5, 0.6) is 0 Å². The maximum absolute atomic E-state index is 4.87. The van der Waals surface area contributed by atoms with Gasteiger partial charge in [0, 0.05) is 21.2 Å². The molecule has 0 radical (unpaired) electrons. The fourth-order valence-corrected chi connectivity index (χ4v) is 8.04. The Morgan fingerprint density at radius 1 is 0.857 bits per heavy atom. The second-order valence-corrected chi connectivity index (χ2v) is 13.2. The molecule has 0 aliphatic carbocycles. The molecule has 0 aliphatic rings. The smallest absolute Gasteiger partial charge is 0.128 e. The van der Waals surface area contributed by atoms with Crippen molar-refractivity contribution >= 4 is 63.8 Å². The first kappa shape index (κ1) is 22.6. The first-order valence-electron chi connectivity index (χ1n) is 12.3. The molecule has 6 rings (SSSR count). The normalized spacial score (nSPS) is 12.7. The molecule has 0 bridgehead atoms. The summed E-state index contributed by atoms with van der Waals surface area (Å²) in [5.74, 6) is 0.655. The summed E-state index contributed by atoms with van der Waals surface area (Å²) in [7, 11) is 0. The fraction of sp³-hybridized carbons (Fsp3) is 0.290. The highest BCUT2D eigenvalue weighted by atomic mass is 32.1. The van der Waals surface area contributed by atoms with Gasteiger partial charge in [-0.05, 0) is 64.1 Å². The minimum absolute atomic E-state index is 0.0337. The summed E-state index contributed by atoms with van der Waals surface area (Å²) in [6, 6.07) is 18.0. The third-order valence-corrected chi connectivity index (χ3v) is 9.58. The van der Waals surface area contributed by atoms with E-state index in [-0.39, 0.29) is 5.41 Å². The van der Waals surface area contributed by atoms with Crippen molar-refractivity contribution in [3.05, 3.63) is 70.9 Å². The molecule has 3 aromatic carbocycles. The van der Waals surface area contributed by atoms with Gasteiger partial charge in [-0.3, -0.25) is 0 Å². The molecule has 0 saturated carbocycles. The quantitative estimate of drug-likeness (QED) is 0.245. The summed E-state index contributed by atoms with van der Waals surface area (Å²) >= 11 is 3.78.